The molecular weight excluding hydrogens is 445 g/mol. The summed E-state index contributed by atoms with van der Waals surface area (Å²) >= 11 is 1.23. The van der Waals surface area contributed by atoms with Crippen LogP contribution in [0.4, 0.5) is 9.18 Å². The largest absolute Gasteiger partial charge is 0.415 e. The number of amides is 2. The summed E-state index contributed by atoms with van der Waals surface area (Å²) in [7, 11) is 0. The van der Waals surface area contributed by atoms with Gasteiger partial charge in [-0.25, -0.2) is 14.6 Å². The van der Waals surface area contributed by atoms with Gasteiger partial charge in [0.1, 0.15) is 11.6 Å². The number of hydrogen-bond donors (Lipinski definition) is 1. The molecular formula is C23H30FN5O3S. The zero-order chi connectivity index (χ0) is 23.4. The van der Waals surface area contributed by atoms with E-state index in [9.17, 15) is 14.0 Å². The number of benzene rings is 1. The quantitative estimate of drug-likeness (QED) is 0.655. The standard InChI is InChI=1S/C23H30FN5O3S/c1-3-27(4-2)18-9-12-28(15-18)23(31)32-19-8-7-17(24)13-16(19)14-20-21(30)26-22(33-20)29-11-6-5-10-25-29/h7-8,13-14,18,25H,3-6,9-12,15H2,1-2H3/b20-14+/t18-/m1/s1. The van der Waals surface area contributed by atoms with Crippen LogP contribution in [0.5, 0.6) is 5.75 Å². The van der Waals surface area contributed by atoms with Gasteiger partial charge < -0.3 is 9.64 Å². The second-order valence-electron chi connectivity index (χ2n) is 8.24. The van der Waals surface area contributed by atoms with E-state index in [1.165, 1.54) is 30.0 Å². The molecule has 0 saturated carbocycles. The van der Waals surface area contributed by atoms with E-state index in [1.807, 2.05) is 5.01 Å². The number of likely N-dealkylation sites (tertiary alicyclic amines) is 1. The molecule has 2 amide bonds. The number of nitrogens with one attached hydrogen (secondary N) is 1. The van der Waals surface area contributed by atoms with Crippen LogP contribution in [0, 0.1) is 5.82 Å². The molecule has 0 spiro atoms. The molecule has 8 nitrogen and oxygen atoms in total. The number of carbonyl (C=O) groups excluding carboxylic acids is 2. The van der Waals surface area contributed by atoms with Crippen LogP contribution in [0.1, 0.15) is 38.7 Å². The zero-order valence-electron chi connectivity index (χ0n) is 19.1. The fourth-order valence-electron chi connectivity index (χ4n) is 4.34. The summed E-state index contributed by atoms with van der Waals surface area (Å²) in [4.78, 5) is 33.8. The van der Waals surface area contributed by atoms with E-state index in [1.54, 1.807) is 11.0 Å². The first kappa shape index (κ1) is 23.7. The molecule has 1 aromatic rings. The molecule has 1 N–H and O–H groups in total. The van der Waals surface area contributed by atoms with E-state index in [2.05, 4.69) is 29.2 Å². The Balaban J connectivity index is 1.46. The number of thioether (sulfide) groups is 1. The third-order valence-electron chi connectivity index (χ3n) is 6.16. The number of aliphatic imine (C=N–C) groups is 1. The minimum absolute atomic E-state index is 0.220. The summed E-state index contributed by atoms with van der Waals surface area (Å²) in [6, 6.07) is 4.25. The van der Waals surface area contributed by atoms with E-state index in [-0.39, 0.29) is 11.7 Å². The number of rotatable bonds is 5. The Bertz CT molecular complexity index is 959. The molecule has 0 unspecified atom stereocenters. The highest BCUT2D eigenvalue weighted by molar-refractivity contribution is 8.18. The third kappa shape index (κ3) is 5.56. The van der Waals surface area contributed by atoms with E-state index >= 15 is 0 Å². The average molecular weight is 476 g/mol. The van der Waals surface area contributed by atoms with Crippen molar-refractivity contribution < 1.29 is 18.7 Å². The molecule has 33 heavy (non-hydrogen) atoms. The van der Waals surface area contributed by atoms with Crippen LogP contribution in [-0.4, -0.2) is 77.3 Å². The number of halogens is 1. The number of hydrazine groups is 1. The lowest BCUT2D eigenvalue weighted by molar-refractivity contribution is -0.113. The molecule has 3 aliphatic heterocycles. The Morgan fingerprint density at radius 1 is 1.33 bits per heavy atom. The van der Waals surface area contributed by atoms with Gasteiger partial charge in [-0.05, 0) is 68.4 Å². The number of amidine groups is 1. The van der Waals surface area contributed by atoms with Crippen molar-refractivity contribution in [2.24, 2.45) is 4.99 Å². The number of nitrogens with zero attached hydrogens (tertiary/aromatic N) is 4. The van der Waals surface area contributed by atoms with Crippen molar-refractivity contribution in [3.63, 3.8) is 0 Å². The highest BCUT2D eigenvalue weighted by Gasteiger charge is 2.31. The molecule has 178 valence electrons. The normalized spacial score (nSPS) is 22.4. The smallest absolute Gasteiger partial charge is 0.410 e. The summed E-state index contributed by atoms with van der Waals surface area (Å²) in [5.74, 6) is -0.637. The molecule has 2 fully saturated rings. The van der Waals surface area contributed by atoms with Gasteiger partial charge in [0.2, 0.25) is 0 Å². The third-order valence-corrected chi connectivity index (χ3v) is 7.16. The molecule has 0 radical (unpaired) electrons. The van der Waals surface area contributed by atoms with Gasteiger partial charge in [-0.1, -0.05) is 13.8 Å². The predicted octanol–water partition coefficient (Wildman–Crippen LogP) is 3.31. The van der Waals surface area contributed by atoms with E-state index in [4.69, 9.17) is 4.74 Å². The number of likely N-dealkylation sites (N-methyl/N-ethyl adjacent to an activating group) is 1. The molecule has 0 bridgehead atoms. The van der Waals surface area contributed by atoms with Crippen LogP contribution in [-0.2, 0) is 4.79 Å². The highest BCUT2D eigenvalue weighted by atomic mass is 32.2. The van der Waals surface area contributed by atoms with E-state index in [0.717, 1.165) is 45.4 Å². The van der Waals surface area contributed by atoms with Crippen molar-refractivity contribution in [3.8, 4) is 5.75 Å². The van der Waals surface area contributed by atoms with Gasteiger partial charge in [0.05, 0.1) is 4.91 Å². The SMILES string of the molecule is CCN(CC)[C@@H]1CCN(C(=O)Oc2ccc(F)cc2/C=C2/SC(N3CCCCN3)=NC2=O)C1. The summed E-state index contributed by atoms with van der Waals surface area (Å²) < 4.78 is 19.7. The lowest BCUT2D eigenvalue weighted by Crippen LogP contribution is -2.45. The van der Waals surface area contributed by atoms with Gasteiger partial charge in [-0.3, -0.25) is 14.7 Å². The molecule has 0 aromatic heterocycles. The molecule has 4 rings (SSSR count). The lowest BCUT2D eigenvalue weighted by atomic mass is 10.2. The second-order valence-corrected chi connectivity index (χ2v) is 9.25. The number of ether oxygens (including phenoxy) is 1. The topological polar surface area (TPSA) is 77.5 Å². The van der Waals surface area contributed by atoms with Crippen molar-refractivity contribution in [2.75, 3.05) is 39.3 Å². The molecule has 3 heterocycles. The van der Waals surface area contributed by atoms with Crippen LogP contribution in [0.3, 0.4) is 0 Å². The first-order valence-electron chi connectivity index (χ1n) is 11.5. The van der Waals surface area contributed by atoms with E-state index < -0.39 is 11.9 Å². The first-order valence-corrected chi connectivity index (χ1v) is 12.3. The van der Waals surface area contributed by atoms with Gasteiger partial charge in [0.15, 0.2) is 5.17 Å². The minimum Gasteiger partial charge on any atom is -0.410 e. The summed E-state index contributed by atoms with van der Waals surface area (Å²) in [5, 5.41) is 2.46. The summed E-state index contributed by atoms with van der Waals surface area (Å²) in [6.07, 6.45) is 4.08. The number of carbonyl (C=O) groups is 2. The zero-order valence-corrected chi connectivity index (χ0v) is 19.9. The van der Waals surface area contributed by atoms with Gasteiger partial charge in [-0.2, -0.15) is 4.99 Å². The molecule has 3 aliphatic rings. The fourth-order valence-corrected chi connectivity index (χ4v) is 5.25. The van der Waals surface area contributed by atoms with Crippen molar-refractivity contribution in [2.45, 2.75) is 39.2 Å². The van der Waals surface area contributed by atoms with Crippen LogP contribution in [0.25, 0.3) is 6.08 Å². The molecule has 10 heteroatoms. The molecule has 1 aromatic carbocycles. The molecule has 2 saturated heterocycles. The van der Waals surface area contributed by atoms with Gasteiger partial charge >= 0.3 is 6.09 Å². The maximum atomic E-state index is 14.0. The van der Waals surface area contributed by atoms with Crippen LogP contribution >= 0.6 is 11.8 Å². The van der Waals surface area contributed by atoms with Crippen molar-refractivity contribution in [3.05, 3.63) is 34.5 Å². The highest BCUT2D eigenvalue weighted by Crippen LogP contribution is 2.33. The maximum absolute atomic E-state index is 14.0. The van der Waals surface area contributed by atoms with Crippen LogP contribution in [0.2, 0.25) is 0 Å². The van der Waals surface area contributed by atoms with Crippen molar-refractivity contribution >= 4 is 35.0 Å². The van der Waals surface area contributed by atoms with Gasteiger partial charge in [0.25, 0.3) is 5.91 Å². The Hall–Kier alpha value is -2.43. The first-order chi connectivity index (χ1) is 16.0. The fraction of sp³-hybridized carbons (Fsp3) is 0.522. The predicted molar refractivity (Wildman–Crippen MR) is 127 cm³/mol. The molecule has 1 atom stereocenters. The second kappa shape index (κ2) is 10.7. The molecule has 0 aliphatic carbocycles. The average Bonchev–Trinajstić information content (AvgIpc) is 3.45. The lowest BCUT2D eigenvalue weighted by Gasteiger charge is -2.28. The Labute approximate surface area is 197 Å². The Morgan fingerprint density at radius 3 is 2.88 bits per heavy atom. The Kier molecular flexibility index (Phi) is 7.67. The van der Waals surface area contributed by atoms with Gasteiger partial charge in [-0.15, -0.1) is 0 Å². The summed E-state index contributed by atoms with van der Waals surface area (Å²) in [6.45, 7) is 8.93. The van der Waals surface area contributed by atoms with Crippen LogP contribution < -0.4 is 10.2 Å². The Morgan fingerprint density at radius 2 is 2.15 bits per heavy atom. The van der Waals surface area contributed by atoms with Gasteiger partial charge in [0, 0.05) is 37.8 Å². The monoisotopic (exact) mass is 475 g/mol. The van der Waals surface area contributed by atoms with Crippen molar-refractivity contribution in [1.82, 2.24) is 20.2 Å². The van der Waals surface area contributed by atoms with E-state index in [0.29, 0.717) is 34.8 Å². The van der Waals surface area contributed by atoms with Crippen LogP contribution in [0.15, 0.2) is 28.1 Å². The maximum Gasteiger partial charge on any atom is 0.415 e. The van der Waals surface area contributed by atoms with Crippen molar-refractivity contribution in [1.29, 1.82) is 0 Å². The summed E-state index contributed by atoms with van der Waals surface area (Å²) in [5.41, 5.74) is 3.56. The number of hydrogen-bond acceptors (Lipinski definition) is 7. The minimum atomic E-state index is -0.473.